The molecule has 0 N–H and O–H groups in total. The van der Waals surface area contributed by atoms with Gasteiger partial charge in [-0.2, -0.15) is 0 Å². The standard InChI is InChI=1S/C38H38N2/c1-7-25-19-23(5)20-26(8-2)35(25)39-37-31-15-11-13-29-17-18-30-14-12-16-32(34(30)33(29)31)38(37)40-36-27(9-3)21-24(6)22-28(36)10-4/h11-22H,7-10H2,1-6H3. The second kappa shape index (κ2) is 10.5. The highest BCUT2D eigenvalue weighted by atomic mass is 14.8. The van der Waals surface area contributed by atoms with Gasteiger partial charge in [-0.05, 0) is 83.3 Å². The van der Waals surface area contributed by atoms with Gasteiger partial charge in [0, 0.05) is 10.8 Å². The van der Waals surface area contributed by atoms with Crippen LogP contribution in [0.1, 0.15) is 61.1 Å². The quantitative estimate of drug-likeness (QED) is 0.195. The maximum Gasteiger partial charge on any atom is 0.0979 e. The molecule has 2 nitrogen and oxygen atoms in total. The van der Waals surface area contributed by atoms with E-state index in [-0.39, 0.29) is 0 Å². The summed E-state index contributed by atoms with van der Waals surface area (Å²) in [6, 6.07) is 27.0. The van der Waals surface area contributed by atoms with Gasteiger partial charge < -0.3 is 0 Å². The summed E-state index contributed by atoms with van der Waals surface area (Å²) in [4.78, 5) is 11.2. The van der Waals surface area contributed by atoms with E-state index in [0.717, 1.165) is 47.8 Å². The van der Waals surface area contributed by atoms with E-state index in [1.54, 1.807) is 0 Å². The molecule has 0 atom stereocenters. The van der Waals surface area contributed by atoms with Crippen LogP contribution >= 0.6 is 0 Å². The molecule has 0 aliphatic heterocycles. The minimum Gasteiger partial charge on any atom is -0.246 e. The monoisotopic (exact) mass is 522 g/mol. The predicted octanol–water partition coefficient (Wildman–Crippen LogP) is 9.35. The first-order chi connectivity index (χ1) is 19.5. The Hall–Kier alpha value is -4.04. The normalized spacial score (nSPS) is 12.9. The van der Waals surface area contributed by atoms with Crippen molar-refractivity contribution in [2.24, 2.45) is 9.98 Å². The fourth-order valence-electron chi connectivity index (χ4n) is 6.49. The van der Waals surface area contributed by atoms with Gasteiger partial charge in [0.05, 0.1) is 22.1 Å². The van der Waals surface area contributed by atoms with Gasteiger partial charge in [-0.15, -0.1) is 0 Å². The number of rotatable bonds is 6. The molecule has 0 saturated carbocycles. The zero-order chi connectivity index (χ0) is 28.0. The van der Waals surface area contributed by atoms with E-state index in [9.17, 15) is 0 Å². The Kier molecular flexibility index (Phi) is 6.88. The van der Waals surface area contributed by atoms with E-state index < -0.39 is 0 Å². The van der Waals surface area contributed by atoms with E-state index >= 15 is 0 Å². The SMILES string of the molecule is CCc1cc(C)cc(CC)c1N=c1c(=Nc2c(CC)cc(C)cc2CC)c2cccc3ccc4cccc1c4c32. The van der Waals surface area contributed by atoms with Crippen LogP contribution in [0, 0.1) is 13.8 Å². The second-order valence-electron chi connectivity index (χ2n) is 11.1. The maximum absolute atomic E-state index is 5.60. The van der Waals surface area contributed by atoms with Crippen molar-refractivity contribution >= 4 is 43.7 Å². The number of benzene rings is 6. The molecule has 0 aromatic heterocycles. The van der Waals surface area contributed by atoms with Crippen LogP contribution in [0.25, 0.3) is 32.3 Å². The molecule has 40 heavy (non-hydrogen) atoms. The van der Waals surface area contributed by atoms with Crippen molar-refractivity contribution in [1.82, 2.24) is 0 Å². The first-order valence-electron chi connectivity index (χ1n) is 14.8. The van der Waals surface area contributed by atoms with E-state index in [1.807, 2.05) is 0 Å². The number of nitrogens with zero attached hydrogens (tertiary/aromatic N) is 2. The molecule has 200 valence electrons. The first kappa shape index (κ1) is 26.2. The molecule has 0 amide bonds. The minimum absolute atomic E-state index is 0.946. The zero-order valence-electron chi connectivity index (χ0n) is 24.7. The van der Waals surface area contributed by atoms with Gasteiger partial charge in [0.15, 0.2) is 0 Å². The molecule has 6 aromatic rings. The summed E-state index contributed by atoms with van der Waals surface area (Å²) in [6.07, 6.45) is 3.78. The fourth-order valence-corrected chi connectivity index (χ4v) is 6.49. The van der Waals surface area contributed by atoms with Crippen LogP contribution in [0.5, 0.6) is 0 Å². The highest BCUT2D eigenvalue weighted by Gasteiger charge is 2.16. The van der Waals surface area contributed by atoms with E-state index in [0.29, 0.717) is 0 Å². The summed E-state index contributed by atoms with van der Waals surface area (Å²) in [6.45, 7) is 13.3. The molecule has 6 aromatic carbocycles. The summed E-state index contributed by atoms with van der Waals surface area (Å²) in [5.74, 6) is 0. The van der Waals surface area contributed by atoms with Gasteiger partial charge in [-0.1, -0.05) is 112 Å². The third-order valence-corrected chi connectivity index (χ3v) is 8.42. The van der Waals surface area contributed by atoms with Crippen molar-refractivity contribution in [2.45, 2.75) is 67.2 Å². The molecule has 0 bridgehead atoms. The average Bonchev–Trinajstić information content (AvgIpc) is 2.98. The van der Waals surface area contributed by atoms with Crippen molar-refractivity contribution in [2.75, 3.05) is 0 Å². The van der Waals surface area contributed by atoms with Gasteiger partial charge in [-0.3, -0.25) is 0 Å². The van der Waals surface area contributed by atoms with Crippen molar-refractivity contribution in [3.8, 4) is 0 Å². The smallest absolute Gasteiger partial charge is 0.0979 e. The molecule has 0 unspecified atom stereocenters. The first-order valence-corrected chi connectivity index (χ1v) is 14.8. The highest BCUT2D eigenvalue weighted by Crippen LogP contribution is 2.33. The summed E-state index contributed by atoms with van der Waals surface area (Å²) in [5, 5.41) is 9.38. The van der Waals surface area contributed by atoms with Crippen molar-refractivity contribution in [3.63, 3.8) is 0 Å². The molecule has 0 aliphatic rings. The Morgan fingerprint density at radius 3 is 1.15 bits per heavy atom. The molecular formula is C38H38N2. The summed E-state index contributed by atoms with van der Waals surface area (Å²) < 4.78 is 0. The molecule has 2 heteroatoms. The maximum atomic E-state index is 5.60. The van der Waals surface area contributed by atoms with Crippen LogP contribution < -0.4 is 10.7 Å². The summed E-state index contributed by atoms with van der Waals surface area (Å²) in [5.41, 5.74) is 10.0. The molecule has 6 rings (SSSR count). The molecule has 0 heterocycles. The van der Waals surface area contributed by atoms with Crippen molar-refractivity contribution in [1.29, 1.82) is 0 Å². The topological polar surface area (TPSA) is 24.7 Å². The van der Waals surface area contributed by atoms with Gasteiger partial charge in [0.1, 0.15) is 0 Å². The number of hydrogen-bond acceptors (Lipinski definition) is 2. The van der Waals surface area contributed by atoms with Crippen LogP contribution in [0.15, 0.2) is 82.8 Å². The lowest BCUT2D eigenvalue weighted by molar-refractivity contribution is 1.05. The zero-order valence-corrected chi connectivity index (χ0v) is 24.7. The Balaban J connectivity index is 1.90. The predicted molar refractivity (Wildman–Crippen MR) is 172 cm³/mol. The molecule has 0 spiro atoms. The Morgan fingerprint density at radius 2 is 0.825 bits per heavy atom. The summed E-state index contributed by atoms with van der Waals surface area (Å²) in [7, 11) is 0. The van der Waals surface area contributed by atoms with Crippen LogP contribution in [0.2, 0.25) is 0 Å². The van der Waals surface area contributed by atoms with Gasteiger partial charge in [0.2, 0.25) is 0 Å². The lowest BCUT2D eigenvalue weighted by Gasteiger charge is -2.15. The highest BCUT2D eigenvalue weighted by molar-refractivity contribution is 6.22. The lowest BCUT2D eigenvalue weighted by Crippen LogP contribution is -2.27. The molecular weight excluding hydrogens is 484 g/mol. The van der Waals surface area contributed by atoms with Crippen LogP contribution in [-0.2, 0) is 25.7 Å². The average molecular weight is 523 g/mol. The van der Waals surface area contributed by atoms with E-state index in [1.165, 1.54) is 65.7 Å². The lowest BCUT2D eigenvalue weighted by atomic mass is 9.93. The largest absolute Gasteiger partial charge is 0.246 e. The minimum atomic E-state index is 0.946. The Labute approximate surface area is 237 Å². The van der Waals surface area contributed by atoms with E-state index in [2.05, 4.69) is 114 Å². The fraction of sp³-hybridized carbons (Fsp3) is 0.263. The third kappa shape index (κ3) is 4.27. The number of aryl methyl sites for hydroxylation is 6. The molecule has 0 fully saturated rings. The van der Waals surface area contributed by atoms with Gasteiger partial charge in [0.25, 0.3) is 0 Å². The Bertz CT molecular complexity index is 1820. The third-order valence-electron chi connectivity index (χ3n) is 8.42. The molecule has 0 aliphatic carbocycles. The van der Waals surface area contributed by atoms with Gasteiger partial charge in [-0.25, -0.2) is 9.98 Å². The molecule has 0 saturated heterocycles. The summed E-state index contributed by atoms with van der Waals surface area (Å²) >= 11 is 0. The van der Waals surface area contributed by atoms with Crippen LogP contribution in [0.3, 0.4) is 0 Å². The van der Waals surface area contributed by atoms with Crippen LogP contribution in [-0.4, -0.2) is 0 Å². The van der Waals surface area contributed by atoms with Crippen molar-refractivity contribution < 1.29 is 0 Å². The van der Waals surface area contributed by atoms with Gasteiger partial charge >= 0.3 is 0 Å². The Morgan fingerprint density at radius 1 is 0.475 bits per heavy atom. The molecule has 0 radical (unpaired) electrons. The van der Waals surface area contributed by atoms with E-state index in [4.69, 9.17) is 9.98 Å². The number of hydrogen-bond donors (Lipinski definition) is 0. The van der Waals surface area contributed by atoms with Crippen LogP contribution in [0.4, 0.5) is 11.4 Å². The second-order valence-corrected chi connectivity index (χ2v) is 11.1. The van der Waals surface area contributed by atoms with Crippen molar-refractivity contribution in [3.05, 3.63) is 117 Å².